The Kier molecular flexibility index (Phi) is 7.70. The molecular weight excluding hydrogens is 414 g/mol. The molecule has 1 aromatic carbocycles. The second-order valence-electron chi connectivity index (χ2n) is 7.21. The molecule has 1 aliphatic carbocycles. The fourth-order valence-corrected chi connectivity index (χ4v) is 2.69. The van der Waals surface area contributed by atoms with Crippen molar-refractivity contribution < 1.29 is 38.6 Å². The molecule has 1 fully saturated rings. The quantitative estimate of drug-likeness (QED) is 0.244. The van der Waals surface area contributed by atoms with Crippen LogP contribution in [0.15, 0.2) is 24.3 Å². The number of rotatable bonds is 7. The van der Waals surface area contributed by atoms with Crippen LogP contribution in [0.1, 0.15) is 35.7 Å². The minimum Gasteiger partial charge on any atom is -0.481 e. The Hall–Kier alpha value is -3.47. The predicted octanol–water partition coefficient (Wildman–Crippen LogP) is 0.772. The lowest BCUT2D eigenvalue weighted by Crippen LogP contribution is -2.61. The minimum absolute atomic E-state index is 0.00642. The van der Waals surface area contributed by atoms with E-state index in [9.17, 15) is 28.3 Å². The van der Waals surface area contributed by atoms with E-state index in [1.165, 1.54) is 24.3 Å². The first-order chi connectivity index (χ1) is 14.6. The van der Waals surface area contributed by atoms with Crippen molar-refractivity contribution in [1.82, 2.24) is 10.8 Å². The van der Waals surface area contributed by atoms with Crippen LogP contribution in [0.4, 0.5) is 8.78 Å². The molecule has 31 heavy (non-hydrogen) atoms. The second kappa shape index (κ2) is 10.0. The molecule has 1 aliphatic rings. The van der Waals surface area contributed by atoms with Crippen molar-refractivity contribution in [3.8, 4) is 23.7 Å². The summed E-state index contributed by atoms with van der Waals surface area (Å²) in [4.78, 5) is 34.5. The van der Waals surface area contributed by atoms with Gasteiger partial charge in [0.2, 0.25) is 0 Å². The van der Waals surface area contributed by atoms with Crippen molar-refractivity contribution >= 4 is 17.8 Å². The first kappa shape index (κ1) is 23.8. The molecule has 0 saturated heterocycles. The summed E-state index contributed by atoms with van der Waals surface area (Å²) < 4.78 is 26.1. The van der Waals surface area contributed by atoms with Crippen LogP contribution in [-0.2, 0) is 9.59 Å². The van der Waals surface area contributed by atoms with Crippen LogP contribution in [0, 0.1) is 35.5 Å². The number of aliphatic carboxylic acids is 1. The maximum absolute atomic E-state index is 13.0. The number of carbonyl (C=O) groups excluding carboxylic acids is 2. The lowest BCUT2D eigenvalue weighted by Gasteiger charge is -2.30. The summed E-state index contributed by atoms with van der Waals surface area (Å²) >= 11 is 0. The summed E-state index contributed by atoms with van der Waals surface area (Å²) in [5.74, 6) is 7.83. The van der Waals surface area contributed by atoms with Crippen LogP contribution >= 0.6 is 0 Å². The first-order valence-corrected chi connectivity index (χ1v) is 9.15. The molecule has 0 spiro atoms. The van der Waals surface area contributed by atoms with Crippen molar-refractivity contribution in [3.05, 3.63) is 35.4 Å². The Morgan fingerprint density at radius 3 is 2.42 bits per heavy atom. The third-order valence-corrected chi connectivity index (χ3v) is 4.71. The summed E-state index contributed by atoms with van der Waals surface area (Å²) in [6, 6.07) is 3.51. The maximum Gasteiger partial charge on any atom is 0.303 e. The number of hydroxylamine groups is 1. The van der Waals surface area contributed by atoms with Gasteiger partial charge in [-0.05, 0) is 55.4 Å². The van der Waals surface area contributed by atoms with Gasteiger partial charge in [-0.25, -0.2) is 14.3 Å². The van der Waals surface area contributed by atoms with Crippen molar-refractivity contribution in [2.45, 2.75) is 37.8 Å². The molecule has 2 unspecified atom stereocenters. The van der Waals surface area contributed by atoms with Crippen LogP contribution in [0.2, 0.25) is 0 Å². The van der Waals surface area contributed by atoms with Crippen molar-refractivity contribution in [3.63, 3.8) is 0 Å². The monoisotopic (exact) mass is 434 g/mol. The van der Waals surface area contributed by atoms with Gasteiger partial charge in [-0.2, -0.15) is 0 Å². The van der Waals surface area contributed by atoms with Gasteiger partial charge in [0, 0.05) is 23.5 Å². The van der Waals surface area contributed by atoms with Gasteiger partial charge in [0.05, 0.1) is 0 Å². The highest BCUT2D eigenvalue weighted by Crippen LogP contribution is 2.40. The molecule has 0 radical (unpaired) electrons. The first-order valence-electron chi connectivity index (χ1n) is 9.15. The summed E-state index contributed by atoms with van der Waals surface area (Å²) in [6.45, 7) is 0.656. The van der Waals surface area contributed by atoms with Gasteiger partial charge in [0.25, 0.3) is 18.2 Å². The number of carboxylic acids is 1. The van der Waals surface area contributed by atoms with E-state index in [-0.39, 0.29) is 23.8 Å². The third kappa shape index (κ3) is 6.51. The van der Waals surface area contributed by atoms with Gasteiger partial charge in [0.1, 0.15) is 6.04 Å². The Morgan fingerprint density at radius 1 is 1.23 bits per heavy atom. The van der Waals surface area contributed by atoms with E-state index in [1.807, 2.05) is 5.32 Å². The number of nitrogens with one attached hydrogen (secondary N) is 2. The zero-order chi connectivity index (χ0) is 23.2. The molecule has 1 aromatic rings. The van der Waals surface area contributed by atoms with E-state index in [4.69, 9.17) is 10.3 Å². The lowest BCUT2D eigenvalue weighted by atomic mass is 9.95. The van der Waals surface area contributed by atoms with Crippen molar-refractivity contribution in [2.75, 3.05) is 0 Å². The van der Waals surface area contributed by atoms with Gasteiger partial charge in [-0.3, -0.25) is 19.6 Å². The summed E-state index contributed by atoms with van der Waals surface area (Å²) in [5, 5.41) is 29.2. The number of aliphatic hydroxyl groups is 1. The highest BCUT2D eigenvalue weighted by atomic mass is 19.3. The Labute approximate surface area is 176 Å². The fraction of sp³-hybridized carbons (Fsp3) is 0.381. The molecule has 10 heteroatoms. The van der Waals surface area contributed by atoms with Crippen LogP contribution in [0.25, 0.3) is 0 Å². The zero-order valence-electron chi connectivity index (χ0n) is 16.4. The Bertz CT molecular complexity index is 970. The maximum atomic E-state index is 13.0. The van der Waals surface area contributed by atoms with Gasteiger partial charge >= 0.3 is 5.97 Å². The van der Waals surface area contributed by atoms with Crippen LogP contribution in [-0.4, -0.2) is 51.3 Å². The van der Waals surface area contributed by atoms with Gasteiger partial charge < -0.3 is 15.5 Å². The fourth-order valence-electron chi connectivity index (χ4n) is 2.69. The molecule has 164 valence electrons. The summed E-state index contributed by atoms with van der Waals surface area (Å²) in [6.07, 6.45) is -2.55. The van der Waals surface area contributed by atoms with Crippen LogP contribution in [0.5, 0.6) is 0 Å². The van der Waals surface area contributed by atoms with Crippen molar-refractivity contribution in [1.29, 1.82) is 0 Å². The van der Waals surface area contributed by atoms with Gasteiger partial charge in [-0.1, -0.05) is 11.8 Å². The molecule has 1 saturated carbocycles. The number of hydrogen-bond donors (Lipinski definition) is 5. The average Bonchev–Trinajstić information content (AvgIpc) is 3.45. The molecule has 8 nitrogen and oxygen atoms in total. The molecule has 2 rings (SSSR count). The standard InChI is InChI=1S/C21H20F2N2O6/c1-21(30,20(22)23)17(19(29)25-31)24-18(28)13-8-6-12(7-9-13)4-2-3-5-14-10-15(14)11-16(26)27/h6-9,14-15,17,20,30-31H,10-11H2,1H3,(H,24,28)(H,25,29)(H,26,27)/t14?,15?,17-,21+/m1/s1. The van der Waals surface area contributed by atoms with Crippen molar-refractivity contribution in [2.24, 2.45) is 11.8 Å². The minimum atomic E-state index is -3.37. The Balaban J connectivity index is 2.01. The number of carboxylic acid groups (broad SMARTS) is 1. The normalized spacial score (nSPS) is 19.5. The van der Waals surface area contributed by atoms with E-state index in [1.54, 1.807) is 0 Å². The predicted molar refractivity (Wildman–Crippen MR) is 103 cm³/mol. The highest BCUT2D eigenvalue weighted by Gasteiger charge is 2.46. The van der Waals surface area contributed by atoms with E-state index in [0.717, 1.165) is 11.9 Å². The molecular formula is C21H20F2N2O6. The highest BCUT2D eigenvalue weighted by molar-refractivity contribution is 5.97. The molecule has 0 bridgehead atoms. The number of amides is 2. The largest absolute Gasteiger partial charge is 0.481 e. The average molecular weight is 434 g/mol. The summed E-state index contributed by atoms with van der Waals surface area (Å²) in [7, 11) is 0. The molecule has 2 amide bonds. The number of hydrogen-bond acceptors (Lipinski definition) is 5. The summed E-state index contributed by atoms with van der Waals surface area (Å²) in [5.41, 5.74) is -1.27. The second-order valence-corrected chi connectivity index (χ2v) is 7.21. The lowest BCUT2D eigenvalue weighted by molar-refractivity contribution is -0.149. The van der Waals surface area contributed by atoms with E-state index in [0.29, 0.717) is 12.5 Å². The van der Waals surface area contributed by atoms with Crippen LogP contribution < -0.4 is 10.8 Å². The zero-order valence-corrected chi connectivity index (χ0v) is 16.4. The SMILES string of the molecule is C[C@@](O)(C(F)F)[C@H](NC(=O)c1ccc(C#CC#CC2CC2CC(=O)O)cc1)C(=O)NO. The van der Waals surface area contributed by atoms with E-state index >= 15 is 0 Å². The number of carbonyl (C=O) groups is 3. The topological polar surface area (TPSA) is 136 Å². The molecule has 0 aliphatic heterocycles. The molecule has 5 N–H and O–H groups in total. The van der Waals surface area contributed by atoms with E-state index < -0.39 is 35.9 Å². The molecule has 4 atom stereocenters. The smallest absolute Gasteiger partial charge is 0.303 e. The van der Waals surface area contributed by atoms with Gasteiger partial charge in [-0.15, -0.1) is 0 Å². The number of halogens is 2. The molecule has 0 heterocycles. The Morgan fingerprint density at radius 2 is 1.87 bits per heavy atom. The third-order valence-electron chi connectivity index (χ3n) is 4.71. The molecule has 0 aromatic heterocycles. The van der Waals surface area contributed by atoms with E-state index in [2.05, 4.69) is 23.7 Å². The number of alkyl halides is 2. The van der Waals surface area contributed by atoms with Gasteiger partial charge in [0.15, 0.2) is 5.60 Å². The van der Waals surface area contributed by atoms with Crippen LogP contribution in [0.3, 0.4) is 0 Å². The number of benzene rings is 1.